The van der Waals surface area contributed by atoms with Gasteiger partial charge in [0.25, 0.3) is 0 Å². The Balaban J connectivity index is 4.81. The van der Waals surface area contributed by atoms with Gasteiger partial charge in [-0.15, -0.1) is 0 Å². The van der Waals surface area contributed by atoms with Crippen molar-refractivity contribution < 1.29 is 34.2 Å². The van der Waals surface area contributed by atoms with Crippen LogP contribution >= 0.6 is 0 Å². The van der Waals surface area contributed by atoms with Crippen LogP contribution in [0.15, 0.2) is 12.2 Å². The number of carboxylic acid groups (broad SMARTS) is 3. The molecule has 0 rings (SSSR count). The van der Waals surface area contributed by atoms with Crippen molar-refractivity contribution in [2.24, 2.45) is 0 Å². The van der Waals surface area contributed by atoms with Crippen molar-refractivity contribution in [1.82, 2.24) is 0 Å². The highest BCUT2D eigenvalue weighted by Crippen LogP contribution is 2.34. The van der Waals surface area contributed by atoms with E-state index in [0.29, 0.717) is 32.1 Å². The van der Waals surface area contributed by atoms with Crippen LogP contribution in [0.2, 0.25) is 0 Å². The molecule has 258 valence electrons. The number of allylic oxidation sites excluding steroid dienone is 2. The molecule has 0 bridgehead atoms. The van der Waals surface area contributed by atoms with Crippen molar-refractivity contribution in [3.8, 4) is 0 Å². The molecule has 0 amide bonds. The third kappa shape index (κ3) is 17.0. The van der Waals surface area contributed by atoms with E-state index in [0.717, 1.165) is 12.8 Å². The van der Waals surface area contributed by atoms with Gasteiger partial charge >= 0.3 is 17.9 Å². The average molecular weight is 625 g/mol. The second kappa shape index (κ2) is 27.4. The molecule has 0 heterocycles. The largest absolute Gasteiger partial charge is 0.477 e. The average Bonchev–Trinajstić information content (AvgIpc) is 2.98. The highest BCUT2D eigenvalue weighted by molar-refractivity contribution is 5.78. The molecule has 7 nitrogen and oxygen atoms in total. The number of hydrogen-bond acceptors (Lipinski definition) is 3. The van der Waals surface area contributed by atoms with Crippen molar-refractivity contribution in [3.63, 3.8) is 0 Å². The van der Waals surface area contributed by atoms with Crippen molar-refractivity contribution >= 4 is 17.9 Å². The molecule has 0 saturated carbocycles. The first-order valence-corrected chi connectivity index (χ1v) is 18.4. The van der Waals surface area contributed by atoms with E-state index in [4.69, 9.17) is 0 Å². The quantitative estimate of drug-likeness (QED) is 0.0390. The molecule has 3 N–H and O–H groups in total. The Kier molecular flexibility index (Phi) is 26.2. The van der Waals surface area contributed by atoms with Gasteiger partial charge in [0.05, 0.1) is 6.54 Å². The predicted octanol–water partition coefficient (Wildman–Crippen LogP) is 10.2. The summed E-state index contributed by atoms with van der Waals surface area (Å²) in [5.41, 5.74) is 0. The summed E-state index contributed by atoms with van der Waals surface area (Å²) in [6.07, 6.45) is 29.1. The van der Waals surface area contributed by atoms with Gasteiger partial charge in [-0.2, -0.15) is 0 Å². The van der Waals surface area contributed by atoms with E-state index in [9.17, 15) is 29.7 Å². The van der Waals surface area contributed by atoms with Gasteiger partial charge in [-0.05, 0) is 38.5 Å². The molecular weight excluding hydrogens is 554 g/mol. The zero-order valence-corrected chi connectivity index (χ0v) is 29.1. The summed E-state index contributed by atoms with van der Waals surface area (Å²) in [5, 5.41) is 30.9. The van der Waals surface area contributed by atoms with E-state index in [-0.39, 0.29) is 25.8 Å². The molecular formula is C37H70NO6+. The van der Waals surface area contributed by atoms with Gasteiger partial charge in [0.2, 0.25) is 0 Å². The second-order valence-electron chi connectivity index (χ2n) is 13.0. The van der Waals surface area contributed by atoms with E-state index in [1.807, 2.05) is 20.8 Å². The molecule has 3 atom stereocenters. The first-order valence-electron chi connectivity index (χ1n) is 18.4. The number of unbranched alkanes of at least 4 members (excludes halogenated alkanes) is 16. The maximum absolute atomic E-state index is 12.6. The lowest BCUT2D eigenvalue weighted by Crippen LogP contribution is -2.72. The minimum absolute atomic E-state index is 0.230. The topological polar surface area (TPSA) is 112 Å². The highest BCUT2D eigenvalue weighted by atomic mass is 16.4. The molecule has 0 aromatic rings. The monoisotopic (exact) mass is 625 g/mol. The van der Waals surface area contributed by atoms with Gasteiger partial charge in [-0.3, -0.25) is 4.48 Å². The first kappa shape index (κ1) is 42.1. The van der Waals surface area contributed by atoms with Crippen LogP contribution < -0.4 is 0 Å². The number of rotatable bonds is 32. The Hall–Kier alpha value is -1.89. The molecule has 7 heteroatoms. The molecule has 0 aliphatic carbocycles. The third-order valence-electron chi connectivity index (χ3n) is 9.34. The zero-order valence-electron chi connectivity index (χ0n) is 29.1. The Morgan fingerprint density at radius 2 is 0.750 bits per heavy atom. The van der Waals surface area contributed by atoms with E-state index in [2.05, 4.69) is 19.1 Å². The standard InChI is InChI=1S/C37H69NO6/c1-5-9-10-11-12-13-14-15-16-17-18-19-20-21-22-23-24-25-26-27-31-38(32(28-6-2)35(39)40,33(29-7-3)36(41)42)34(30-8-4)37(43)44/h24-25,32-34H,5-23,26-31H2,1-4H3,(H2-,39,40,41,42,43,44)/p+1/b25-24+. The van der Waals surface area contributed by atoms with Crippen LogP contribution in [0.3, 0.4) is 0 Å². The summed E-state index contributed by atoms with van der Waals surface area (Å²) in [4.78, 5) is 37.8. The summed E-state index contributed by atoms with van der Waals surface area (Å²) in [6.45, 7) is 8.11. The lowest BCUT2D eigenvalue weighted by Gasteiger charge is -2.50. The number of carboxylic acids is 3. The summed E-state index contributed by atoms with van der Waals surface area (Å²) in [5.74, 6) is -3.29. The molecule has 0 aromatic carbocycles. The number of quaternary nitrogens is 1. The minimum Gasteiger partial charge on any atom is -0.477 e. The Morgan fingerprint density at radius 1 is 0.455 bits per heavy atom. The summed E-state index contributed by atoms with van der Waals surface area (Å²) >= 11 is 0. The fourth-order valence-electron chi connectivity index (χ4n) is 7.00. The van der Waals surface area contributed by atoms with Crippen LogP contribution in [0.4, 0.5) is 0 Å². The number of hydrogen-bond donors (Lipinski definition) is 3. The van der Waals surface area contributed by atoms with Crippen LogP contribution in [-0.2, 0) is 14.4 Å². The predicted molar refractivity (Wildman–Crippen MR) is 182 cm³/mol. The molecule has 0 radical (unpaired) electrons. The van der Waals surface area contributed by atoms with Gasteiger partial charge < -0.3 is 15.3 Å². The summed E-state index contributed by atoms with van der Waals surface area (Å²) < 4.78 is -0.400. The van der Waals surface area contributed by atoms with Crippen LogP contribution in [0.1, 0.15) is 182 Å². The van der Waals surface area contributed by atoms with Gasteiger partial charge in [0.15, 0.2) is 18.1 Å². The normalized spacial score (nSPS) is 15.2. The van der Waals surface area contributed by atoms with Crippen LogP contribution in [0.5, 0.6) is 0 Å². The van der Waals surface area contributed by atoms with Crippen molar-refractivity contribution in [3.05, 3.63) is 12.2 Å². The molecule has 44 heavy (non-hydrogen) atoms. The van der Waals surface area contributed by atoms with Crippen LogP contribution in [0.25, 0.3) is 0 Å². The van der Waals surface area contributed by atoms with E-state index in [1.54, 1.807) is 0 Å². The smallest absolute Gasteiger partial charge is 0.362 e. The first-order chi connectivity index (χ1) is 21.2. The minimum atomic E-state index is -1.10. The molecule has 0 saturated heterocycles. The Labute approximate surface area is 270 Å². The lowest BCUT2D eigenvalue weighted by atomic mass is 9.91. The molecule has 3 unspecified atom stereocenters. The third-order valence-corrected chi connectivity index (χ3v) is 9.34. The van der Waals surface area contributed by atoms with Crippen molar-refractivity contribution in [1.29, 1.82) is 0 Å². The number of aliphatic carboxylic acids is 3. The van der Waals surface area contributed by atoms with E-state index in [1.165, 1.54) is 89.9 Å². The van der Waals surface area contributed by atoms with Crippen LogP contribution in [-0.4, -0.2) is 62.4 Å². The zero-order chi connectivity index (χ0) is 33.1. The molecule has 0 spiro atoms. The number of carbonyl (C=O) groups is 3. The summed E-state index contributed by atoms with van der Waals surface area (Å²) in [6, 6.07) is -3.20. The lowest BCUT2D eigenvalue weighted by molar-refractivity contribution is -0.973. The fourth-order valence-corrected chi connectivity index (χ4v) is 7.00. The van der Waals surface area contributed by atoms with E-state index >= 15 is 0 Å². The number of nitrogens with zero attached hydrogens (tertiary/aromatic N) is 1. The molecule has 0 aliphatic heterocycles. The van der Waals surface area contributed by atoms with Gasteiger partial charge in [0.1, 0.15) is 0 Å². The molecule has 0 aromatic heterocycles. The van der Waals surface area contributed by atoms with Gasteiger partial charge in [-0.25, -0.2) is 14.4 Å². The van der Waals surface area contributed by atoms with Crippen molar-refractivity contribution in [2.75, 3.05) is 6.54 Å². The SMILES string of the molecule is CCCCCCCCCCCCCCCCC/C=C/CCC[N+](C(CCC)C(=O)O)(C(CCC)C(=O)O)C(CCC)C(=O)O. The fraction of sp³-hybridized carbons (Fsp3) is 0.865. The van der Waals surface area contributed by atoms with Crippen LogP contribution in [0, 0.1) is 0 Å². The van der Waals surface area contributed by atoms with Gasteiger partial charge in [-0.1, -0.05) is 130 Å². The Bertz CT molecular complexity index is 707. The molecule has 0 fully saturated rings. The Morgan fingerprint density at radius 3 is 1.05 bits per heavy atom. The summed E-state index contributed by atoms with van der Waals surface area (Å²) in [7, 11) is 0. The maximum Gasteiger partial charge on any atom is 0.362 e. The highest BCUT2D eigenvalue weighted by Gasteiger charge is 2.56. The van der Waals surface area contributed by atoms with Gasteiger partial charge in [0, 0.05) is 25.7 Å². The molecule has 0 aliphatic rings. The second-order valence-corrected chi connectivity index (χ2v) is 13.0. The maximum atomic E-state index is 12.6. The van der Waals surface area contributed by atoms with Crippen molar-refractivity contribution in [2.45, 2.75) is 200 Å². The van der Waals surface area contributed by atoms with E-state index < -0.39 is 40.5 Å².